The number of nitrogens with one attached hydrogen (secondary N) is 1. The minimum absolute atomic E-state index is 0.0794. The monoisotopic (exact) mass is 361 g/mol. The number of ketones is 1. The molecule has 1 aliphatic rings. The zero-order chi connectivity index (χ0) is 18.8. The molecule has 0 radical (unpaired) electrons. The molecule has 0 bridgehead atoms. The van der Waals surface area contributed by atoms with E-state index in [1.54, 1.807) is 6.20 Å². The number of hydrogen-bond donors (Lipinski definition) is 1. The molecule has 1 amide bonds. The van der Waals surface area contributed by atoms with E-state index in [9.17, 15) is 9.59 Å². The Morgan fingerprint density at radius 3 is 2.41 bits per heavy atom. The van der Waals surface area contributed by atoms with Gasteiger partial charge in [0.05, 0.1) is 6.54 Å². The van der Waals surface area contributed by atoms with Crippen LogP contribution < -0.4 is 0 Å². The Hall–Kier alpha value is -2.92. The third kappa shape index (κ3) is 3.51. The molecule has 0 spiro atoms. The molecule has 0 atom stereocenters. The third-order valence-electron chi connectivity index (χ3n) is 5.29. The summed E-state index contributed by atoms with van der Waals surface area (Å²) in [5.41, 5.74) is 3.48. The van der Waals surface area contributed by atoms with E-state index < -0.39 is 0 Å². The molecule has 2 aromatic carbocycles. The first-order valence-corrected chi connectivity index (χ1v) is 9.30. The number of aryl methyl sites for hydroxylation is 1. The lowest BCUT2D eigenvalue weighted by molar-refractivity contribution is 0.0624. The summed E-state index contributed by atoms with van der Waals surface area (Å²) in [6, 6.07) is 15.5. The molecule has 5 nitrogen and oxygen atoms in total. The van der Waals surface area contributed by atoms with Crippen LogP contribution in [0.15, 0.2) is 54.7 Å². The first-order valence-electron chi connectivity index (χ1n) is 9.30. The fourth-order valence-electron chi connectivity index (χ4n) is 3.68. The van der Waals surface area contributed by atoms with E-state index in [2.05, 4.69) is 9.88 Å². The maximum atomic E-state index is 12.7. The van der Waals surface area contributed by atoms with Crippen molar-refractivity contribution in [1.82, 2.24) is 14.8 Å². The van der Waals surface area contributed by atoms with E-state index >= 15 is 0 Å². The number of H-pyrrole nitrogens is 1. The van der Waals surface area contributed by atoms with Gasteiger partial charge in [-0.25, -0.2) is 0 Å². The van der Waals surface area contributed by atoms with Gasteiger partial charge < -0.3 is 9.88 Å². The van der Waals surface area contributed by atoms with E-state index in [4.69, 9.17) is 0 Å². The minimum atomic E-state index is 0.0794. The van der Waals surface area contributed by atoms with E-state index in [1.807, 2.05) is 60.4 Å². The van der Waals surface area contributed by atoms with Gasteiger partial charge >= 0.3 is 0 Å². The second-order valence-corrected chi connectivity index (χ2v) is 7.05. The Balaban J connectivity index is 1.37. The maximum absolute atomic E-state index is 12.7. The summed E-state index contributed by atoms with van der Waals surface area (Å²) in [6.07, 6.45) is 1.80. The second kappa shape index (κ2) is 7.37. The summed E-state index contributed by atoms with van der Waals surface area (Å²) >= 11 is 0. The number of Topliss-reactive ketones (excluding diaryl/α,β-unsaturated/α-hetero) is 1. The smallest absolute Gasteiger partial charge is 0.254 e. The summed E-state index contributed by atoms with van der Waals surface area (Å²) in [4.78, 5) is 32.6. The zero-order valence-corrected chi connectivity index (χ0v) is 15.4. The van der Waals surface area contributed by atoms with Crippen molar-refractivity contribution in [3.05, 3.63) is 71.4 Å². The predicted molar refractivity (Wildman–Crippen MR) is 106 cm³/mol. The molecule has 0 unspecified atom stereocenters. The Kier molecular flexibility index (Phi) is 4.77. The normalized spacial score (nSPS) is 15.2. The maximum Gasteiger partial charge on any atom is 0.254 e. The highest BCUT2D eigenvalue weighted by molar-refractivity contribution is 6.08. The highest BCUT2D eigenvalue weighted by atomic mass is 16.2. The van der Waals surface area contributed by atoms with E-state index in [0.29, 0.717) is 32.7 Å². The number of nitrogens with zero attached hydrogens (tertiary/aromatic N) is 2. The number of carbonyl (C=O) groups excluding carboxylic acids is 2. The highest BCUT2D eigenvalue weighted by Gasteiger charge is 2.24. The standard InChI is InChI=1S/C22H23N3O2/c1-16-6-2-3-7-17(16)22(27)25-12-10-24(11-13-25)15-21(26)19-14-23-20-9-5-4-8-18(19)20/h2-9,14,23H,10-13,15H2,1H3. The number of amides is 1. The van der Waals surface area contributed by atoms with Gasteiger partial charge in [0, 0.05) is 54.4 Å². The molecule has 138 valence electrons. The SMILES string of the molecule is Cc1ccccc1C(=O)N1CCN(CC(=O)c2c[nH]c3ccccc23)CC1. The first kappa shape index (κ1) is 17.5. The lowest BCUT2D eigenvalue weighted by Gasteiger charge is -2.34. The molecule has 2 heterocycles. The molecule has 1 aliphatic heterocycles. The summed E-state index contributed by atoms with van der Waals surface area (Å²) in [5, 5.41) is 0.968. The number of aromatic nitrogens is 1. The van der Waals surface area contributed by atoms with Crippen LogP contribution in [0.25, 0.3) is 10.9 Å². The fourth-order valence-corrected chi connectivity index (χ4v) is 3.68. The molecule has 1 aromatic heterocycles. The molecular formula is C22H23N3O2. The van der Waals surface area contributed by atoms with Gasteiger partial charge in [0.25, 0.3) is 5.91 Å². The van der Waals surface area contributed by atoms with Crippen LogP contribution in [-0.2, 0) is 0 Å². The molecule has 1 fully saturated rings. The number of hydrogen-bond acceptors (Lipinski definition) is 3. The lowest BCUT2D eigenvalue weighted by Crippen LogP contribution is -2.50. The zero-order valence-electron chi connectivity index (χ0n) is 15.4. The topological polar surface area (TPSA) is 56.4 Å². The van der Waals surface area contributed by atoms with Crippen LogP contribution in [-0.4, -0.2) is 59.2 Å². The average Bonchev–Trinajstić information content (AvgIpc) is 3.13. The van der Waals surface area contributed by atoms with Crippen LogP contribution in [0.5, 0.6) is 0 Å². The number of aromatic amines is 1. The number of carbonyl (C=O) groups is 2. The predicted octanol–water partition coefficient (Wildman–Crippen LogP) is 3.12. The largest absolute Gasteiger partial charge is 0.360 e. The molecule has 1 N–H and O–H groups in total. The molecule has 4 rings (SSSR count). The van der Waals surface area contributed by atoms with Crippen LogP contribution in [0.2, 0.25) is 0 Å². The average molecular weight is 361 g/mol. The molecule has 0 aliphatic carbocycles. The summed E-state index contributed by atoms with van der Waals surface area (Å²) in [7, 11) is 0. The third-order valence-corrected chi connectivity index (χ3v) is 5.29. The van der Waals surface area contributed by atoms with E-state index in [1.165, 1.54) is 0 Å². The van der Waals surface area contributed by atoms with Crippen molar-refractivity contribution < 1.29 is 9.59 Å². The first-order chi connectivity index (χ1) is 13.1. The fraction of sp³-hybridized carbons (Fsp3) is 0.273. The van der Waals surface area contributed by atoms with Crippen molar-refractivity contribution in [2.45, 2.75) is 6.92 Å². The van der Waals surface area contributed by atoms with Crippen molar-refractivity contribution in [2.75, 3.05) is 32.7 Å². The van der Waals surface area contributed by atoms with Gasteiger partial charge in [0.2, 0.25) is 0 Å². The van der Waals surface area contributed by atoms with Crippen molar-refractivity contribution >= 4 is 22.6 Å². The Morgan fingerprint density at radius 2 is 1.63 bits per heavy atom. The number of rotatable bonds is 4. The van der Waals surface area contributed by atoms with E-state index in [0.717, 1.165) is 27.6 Å². The Bertz CT molecular complexity index is 984. The van der Waals surface area contributed by atoms with Gasteiger partial charge in [-0.2, -0.15) is 0 Å². The molecule has 27 heavy (non-hydrogen) atoms. The van der Waals surface area contributed by atoms with Crippen LogP contribution in [0.3, 0.4) is 0 Å². The number of piperazine rings is 1. The van der Waals surface area contributed by atoms with Gasteiger partial charge in [-0.3, -0.25) is 14.5 Å². The van der Waals surface area contributed by atoms with Gasteiger partial charge in [-0.15, -0.1) is 0 Å². The van der Waals surface area contributed by atoms with Crippen molar-refractivity contribution in [3.8, 4) is 0 Å². The van der Waals surface area contributed by atoms with Crippen molar-refractivity contribution in [2.24, 2.45) is 0 Å². The number of fused-ring (bicyclic) bond motifs is 1. The van der Waals surface area contributed by atoms with Crippen molar-refractivity contribution in [3.63, 3.8) is 0 Å². The Morgan fingerprint density at radius 1 is 0.926 bits per heavy atom. The van der Waals surface area contributed by atoms with Crippen LogP contribution >= 0.6 is 0 Å². The number of para-hydroxylation sites is 1. The number of benzene rings is 2. The quantitative estimate of drug-likeness (QED) is 0.727. The molecule has 1 saturated heterocycles. The van der Waals surface area contributed by atoms with Crippen molar-refractivity contribution in [1.29, 1.82) is 0 Å². The van der Waals surface area contributed by atoms with Crippen LogP contribution in [0, 0.1) is 6.92 Å². The highest BCUT2D eigenvalue weighted by Crippen LogP contribution is 2.19. The Labute approximate surface area is 158 Å². The molecule has 3 aromatic rings. The van der Waals surface area contributed by atoms with Crippen LogP contribution in [0.1, 0.15) is 26.3 Å². The lowest BCUT2D eigenvalue weighted by atomic mass is 10.1. The van der Waals surface area contributed by atoms with Gasteiger partial charge in [-0.1, -0.05) is 36.4 Å². The van der Waals surface area contributed by atoms with Gasteiger partial charge in [-0.05, 0) is 24.6 Å². The molecule has 5 heteroatoms. The summed E-state index contributed by atoms with van der Waals surface area (Å²) in [5.74, 6) is 0.196. The van der Waals surface area contributed by atoms with Gasteiger partial charge in [0.15, 0.2) is 5.78 Å². The molecule has 0 saturated carbocycles. The van der Waals surface area contributed by atoms with Crippen LogP contribution in [0.4, 0.5) is 0 Å². The molecular weight excluding hydrogens is 338 g/mol. The summed E-state index contributed by atoms with van der Waals surface area (Å²) < 4.78 is 0. The van der Waals surface area contributed by atoms with Gasteiger partial charge in [0.1, 0.15) is 0 Å². The summed E-state index contributed by atoms with van der Waals surface area (Å²) in [6.45, 7) is 5.07. The van der Waals surface area contributed by atoms with E-state index in [-0.39, 0.29) is 11.7 Å². The minimum Gasteiger partial charge on any atom is -0.360 e. The second-order valence-electron chi connectivity index (χ2n) is 7.05.